The van der Waals surface area contributed by atoms with Gasteiger partial charge in [0.1, 0.15) is 0 Å². The molecule has 0 amide bonds. The summed E-state index contributed by atoms with van der Waals surface area (Å²) in [6.07, 6.45) is 3.62. The second-order valence-electron chi connectivity index (χ2n) is 4.50. The molecule has 82 valence electrons. The highest BCUT2D eigenvalue weighted by molar-refractivity contribution is 5.21. The van der Waals surface area contributed by atoms with Crippen LogP contribution in [0.5, 0.6) is 0 Å². The van der Waals surface area contributed by atoms with Crippen molar-refractivity contribution in [3.05, 3.63) is 35.4 Å². The normalized spacial score (nSPS) is 25.7. The van der Waals surface area contributed by atoms with E-state index in [-0.39, 0.29) is 0 Å². The molecule has 0 aromatic heterocycles. The monoisotopic (exact) mass is 205 g/mol. The molecule has 0 radical (unpaired) electrons. The lowest BCUT2D eigenvalue weighted by molar-refractivity contribution is 0.0448. The van der Waals surface area contributed by atoms with Gasteiger partial charge in [-0.25, -0.2) is 0 Å². The summed E-state index contributed by atoms with van der Waals surface area (Å²) in [5, 5.41) is 0. The molecule has 15 heavy (non-hydrogen) atoms. The van der Waals surface area contributed by atoms with Crippen molar-refractivity contribution in [3.8, 4) is 0 Å². The molecule has 1 saturated carbocycles. The largest absolute Gasteiger partial charge is 0.373 e. The maximum absolute atomic E-state index is 5.84. The summed E-state index contributed by atoms with van der Waals surface area (Å²) in [6, 6.07) is 8.83. The highest BCUT2D eigenvalue weighted by atomic mass is 16.5. The summed E-state index contributed by atoms with van der Waals surface area (Å²) in [4.78, 5) is 0. The van der Waals surface area contributed by atoms with Crippen molar-refractivity contribution < 1.29 is 4.74 Å². The smallest absolute Gasteiger partial charge is 0.0720 e. The first-order valence-corrected chi connectivity index (χ1v) is 5.67. The van der Waals surface area contributed by atoms with Crippen molar-refractivity contribution in [3.63, 3.8) is 0 Å². The van der Waals surface area contributed by atoms with Gasteiger partial charge in [0.2, 0.25) is 0 Å². The van der Waals surface area contributed by atoms with Gasteiger partial charge in [-0.05, 0) is 31.7 Å². The van der Waals surface area contributed by atoms with Crippen molar-refractivity contribution >= 4 is 0 Å². The van der Waals surface area contributed by atoms with Gasteiger partial charge in [0, 0.05) is 6.04 Å². The predicted molar refractivity (Wildman–Crippen MR) is 61.6 cm³/mol. The lowest BCUT2D eigenvalue weighted by Gasteiger charge is -2.11. The molecule has 1 aliphatic carbocycles. The lowest BCUT2D eigenvalue weighted by atomic mass is 10.1. The van der Waals surface area contributed by atoms with Crippen LogP contribution in [-0.2, 0) is 11.3 Å². The number of ether oxygens (including phenoxy) is 1. The molecule has 1 fully saturated rings. The van der Waals surface area contributed by atoms with E-state index in [0.29, 0.717) is 12.1 Å². The molecular formula is C13H19NO. The van der Waals surface area contributed by atoms with Crippen molar-refractivity contribution in [2.24, 2.45) is 5.73 Å². The molecule has 1 aromatic carbocycles. The Morgan fingerprint density at radius 2 is 2.27 bits per heavy atom. The molecule has 0 heterocycles. The molecule has 2 unspecified atom stereocenters. The van der Waals surface area contributed by atoms with Crippen LogP contribution in [0.3, 0.4) is 0 Å². The van der Waals surface area contributed by atoms with E-state index in [0.717, 1.165) is 25.9 Å². The number of hydrogen-bond donors (Lipinski definition) is 1. The molecule has 0 saturated heterocycles. The SMILES string of the molecule is Cc1cccc(COC2CCC(N)C2)c1. The minimum atomic E-state index is 0.354. The first kappa shape index (κ1) is 10.7. The van der Waals surface area contributed by atoms with Crippen molar-refractivity contribution in [1.29, 1.82) is 0 Å². The summed E-state index contributed by atoms with van der Waals surface area (Å²) in [5.74, 6) is 0. The Morgan fingerprint density at radius 1 is 1.40 bits per heavy atom. The molecule has 2 nitrogen and oxygen atoms in total. The third kappa shape index (κ3) is 3.05. The van der Waals surface area contributed by atoms with Gasteiger partial charge in [0.05, 0.1) is 12.7 Å². The van der Waals surface area contributed by atoms with Crippen LogP contribution in [0.4, 0.5) is 0 Å². The Bertz CT molecular complexity index is 324. The molecular weight excluding hydrogens is 186 g/mol. The van der Waals surface area contributed by atoms with Crippen LogP contribution in [0.25, 0.3) is 0 Å². The summed E-state index contributed by atoms with van der Waals surface area (Å²) in [6.45, 7) is 2.83. The number of benzene rings is 1. The van der Waals surface area contributed by atoms with Crippen LogP contribution in [0.1, 0.15) is 30.4 Å². The zero-order chi connectivity index (χ0) is 10.7. The van der Waals surface area contributed by atoms with E-state index in [1.807, 2.05) is 0 Å². The Hall–Kier alpha value is -0.860. The summed E-state index contributed by atoms with van der Waals surface area (Å²) >= 11 is 0. The van der Waals surface area contributed by atoms with E-state index < -0.39 is 0 Å². The maximum Gasteiger partial charge on any atom is 0.0720 e. The number of nitrogens with two attached hydrogens (primary N) is 1. The number of rotatable bonds is 3. The fourth-order valence-electron chi connectivity index (χ4n) is 2.14. The van der Waals surface area contributed by atoms with Crippen LogP contribution in [0, 0.1) is 6.92 Å². The van der Waals surface area contributed by atoms with Gasteiger partial charge in [-0.3, -0.25) is 0 Å². The molecule has 0 spiro atoms. The molecule has 0 bridgehead atoms. The van der Waals surface area contributed by atoms with Crippen molar-refractivity contribution in [2.75, 3.05) is 0 Å². The molecule has 1 aliphatic rings. The summed E-state index contributed by atoms with van der Waals surface area (Å²) in [5.41, 5.74) is 8.39. The van der Waals surface area contributed by atoms with Crippen LogP contribution in [0.2, 0.25) is 0 Å². The third-order valence-electron chi connectivity index (χ3n) is 2.99. The summed E-state index contributed by atoms with van der Waals surface area (Å²) < 4.78 is 5.83. The fourth-order valence-corrected chi connectivity index (χ4v) is 2.14. The van der Waals surface area contributed by atoms with Crippen LogP contribution in [-0.4, -0.2) is 12.1 Å². The Balaban J connectivity index is 1.83. The second-order valence-corrected chi connectivity index (χ2v) is 4.50. The van der Waals surface area contributed by atoms with E-state index in [2.05, 4.69) is 31.2 Å². The van der Waals surface area contributed by atoms with Crippen LogP contribution in [0.15, 0.2) is 24.3 Å². The standard InChI is InChI=1S/C13H19NO/c1-10-3-2-4-11(7-10)9-15-13-6-5-12(14)8-13/h2-4,7,12-13H,5-6,8-9,14H2,1H3. The van der Waals surface area contributed by atoms with E-state index in [1.165, 1.54) is 11.1 Å². The van der Waals surface area contributed by atoms with Gasteiger partial charge in [-0.15, -0.1) is 0 Å². The summed E-state index contributed by atoms with van der Waals surface area (Å²) in [7, 11) is 0. The Morgan fingerprint density at radius 3 is 2.93 bits per heavy atom. The molecule has 0 aliphatic heterocycles. The van der Waals surface area contributed by atoms with Gasteiger partial charge in [0.15, 0.2) is 0 Å². The zero-order valence-electron chi connectivity index (χ0n) is 9.28. The highest BCUT2D eigenvalue weighted by Crippen LogP contribution is 2.21. The number of hydrogen-bond acceptors (Lipinski definition) is 2. The number of aryl methyl sites for hydroxylation is 1. The van der Waals surface area contributed by atoms with Crippen LogP contribution < -0.4 is 5.73 Å². The van der Waals surface area contributed by atoms with E-state index in [1.54, 1.807) is 0 Å². The Labute approximate surface area is 91.4 Å². The minimum Gasteiger partial charge on any atom is -0.373 e. The van der Waals surface area contributed by atoms with Crippen molar-refractivity contribution in [1.82, 2.24) is 0 Å². The molecule has 2 heteroatoms. The second kappa shape index (κ2) is 4.77. The van der Waals surface area contributed by atoms with Gasteiger partial charge in [-0.1, -0.05) is 29.8 Å². The van der Waals surface area contributed by atoms with Crippen molar-refractivity contribution in [2.45, 2.75) is 44.9 Å². The van der Waals surface area contributed by atoms with Gasteiger partial charge < -0.3 is 10.5 Å². The average Bonchev–Trinajstić information content (AvgIpc) is 2.62. The van der Waals surface area contributed by atoms with Gasteiger partial charge in [-0.2, -0.15) is 0 Å². The third-order valence-corrected chi connectivity index (χ3v) is 2.99. The topological polar surface area (TPSA) is 35.2 Å². The zero-order valence-corrected chi connectivity index (χ0v) is 9.28. The fraction of sp³-hybridized carbons (Fsp3) is 0.538. The van der Waals surface area contributed by atoms with E-state index in [9.17, 15) is 0 Å². The first-order valence-electron chi connectivity index (χ1n) is 5.67. The van der Waals surface area contributed by atoms with Gasteiger partial charge in [0.25, 0.3) is 0 Å². The molecule has 2 rings (SSSR count). The quantitative estimate of drug-likeness (QED) is 0.822. The van der Waals surface area contributed by atoms with E-state index >= 15 is 0 Å². The first-order chi connectivity index (χ1) is 7.24. The van der Waals surface area contributed by atoms with Crippen LogP contribution >= 0.6 is 0 Å². The highest BCUT2D eigenvalue weighted by Gasteiger charge is 2.21. The molecule has 2 N–H and O–H groups in total. The Kier molecular flexibility index (Phi) is 3.39. The molecule has 1 aromatic rings. The van der Waals surface area contributed by atoms with E-state index in [4.69, 9.17) is 10.5 Å². The molecule has 2 atom stereocenters. The lowest BCUT2D eigenvalue weighted by Crippen LogP contribution is -2.17. The average molecular weight is 205 g/mol. The maximum atomic E-state index is 5.84. The minimum absolute atomic E-state index is 0.354. The predicted octanol–water partition coefficient (Wildman–Crippen LogP) is 2.39. The van der Waals surface area contributed by atoms with Gasteiger partial charge >= 0.3 is 0 Å².